The van der Waals surface area contributed by atoms with Crippen molar-refractivity contribution >= 4 is 28.8 Å². The van der Waals surface area contributed by atoms with Crippen molar-refractivity contribution in [1.82, 2.24) is 9.97 Å². The Kier molecular flexibility index (Phi) is 5.16. The molecule has 0 atom stereocenters. The maximum atomic E-state index is 4.66. The van der Waals surface area contributed by atoms with E-state index in [-0.39, 0.29) is 0 Å². The van der Waals surface area contributed by atoms with E-state index < -0.39 is 8.07 Å². The highest BCUT2D eigenvalue weighted by Crippen LogP contribution is 2.29. The Bertz CT molecular complexity index is 1600. The third-order valence-corrected chi connectivity index (χ3v) is 12.3. The number of rotatable bonds is 4. The number of aromatic nitrogens is 2. The minimum atomic E-state index is -2.61. The zero-order chi connectivity index (χ0) is 24.7. The summed E-state index contributed by atoms with van der Waals surface area (Å²) in [6.07, 6.45) is 3.73. The summed E-state index contributed by atoms with van der Waals surface area (Å²) in [7, 11) is -2.61. The number of hydrogen-bond acceptors (Lipinski definition) is 2. The second-order valence-electron chi connectivity index (χ2n) is 9.43. The highest BCUT2D eigenvalue weighted by atomic mass is 28.3. The van der Waals surface area contributed by atoms with Gasteiger partial charge in [0.25, 0.3) is 0 Å². The molecule has 174 valence electrons. The Balaban J connectivity index is 1.56. The van der Waals surface area contributed by atoms with Gasteiger partial charge in [-0.1, -0.05) is 109 Å². The lowest BCUT2D eigenvalue weighted by Gasteiger charge is -2.32. The van der Waals surface area contributed by atoms with Gasteiger partial charge in [0.1, 0.15) is 0 Å². The maximum Gasteiger partial charge on any atom is 0.180 e. The average molecular weight is 489 g/mol. The molecule has 0 radical (unpaired) electrons. The van der Waals surface area contributed by atoms with Gasteiger partial charge in [-0.3, -0.25) is 9.97 Å². The molecule has 2 aromatic heterocycles. The molecule has 2 nitrogen and oxygen atoms in total. The fourth-order valence-electron chi connectivity index (χ4n) is 5.91. The van der Waals surface area contributed by atoms with E-state index in [9.17, 15) is 0 Å². The molecule has 0 unspecified atom stereocenters. The summed E-state index contributed by atoms with van der Waals surface area (Å²) in [5.74, 6) is 0. The lowest BCUT2D eigenvalue weighted by molar-refractivity contribution is 1.33. The van der Waals surface area contributed by atoms with E-state index >= 15 is 0 Å². The number of hydrogen-bond donors (Lipinski definition) is 0. The summed E-state index contributed by atoms with van der Waals surface area (Å²) < 4.78 is 0. The van der Waals surface area contributed by atoms with E-state index in [1.807, 2.05) is 24.5 Å². The van der Waals surface area contributed by atoms with Gasteiger partial charge < -0.3 is 0 Å². The van der Waals surface area contributed by atoms with Gasteiger partial charge in [0.15, 0.2) is 8.07 Å². The molecular formula is C34H24N2Si. The Labute approximate surface area is 218 Å². The molecule has 0 aliphatic carbocycles. The largest absolute Gasteiger partial charge is 0.256 e. The molecule has 37 heavy (non-hydrogen) atoms. The first-order valence-electron chi connectivity index (χ1n) is 12.6. The first-order valence-corrected chi connectivity index (χ1v) is 14.6. The van der Waals surface area contributed by atoms with Crippen molar-refractivity contribution in [3.05, 3.63) is 146 Å². The van der Waals surface area contributed by atoms with Crippen molar-refractivity contribution in [2.24, 2.45) is 0 Å². The van der Waals surface area contributed by atoms with Crippen LogP contribution in [-0.2, 0) is 0 Å². The fourth-order valence-corrected chi connectivity index (χ4v) is 11.2. The van der Waals surface area contributed by atoms with Crippen LogP contribution in [0.1, 0.15) is 0 Å². The molecule has 0 saturated heterocycles. The van der Waals surface area contributed by atoms with Crippen LogP contribution in [0.4, 0.5) is 0 Å². The van der Waals surface area contributed by atoms with E-state index in [4.69, 9.17) is 0 Å². The summed E-state index contributed by atoms with van der Waals surface area (Å²) in [5.41, 5.74) is 6.97. The van der Waals surface area contributed by atoms with E-state index in [1.54, 1.807) is 0 Å². The summed E-state index contributed by atoms with van der Waals surface area (Å²) in [5, 5.41) is 5.61. The fraction of sp³-hybridized carbons (Fsp3) is 0. The van der Waals surface area contributed by atoms with Gasteiger partial charge in [-0.2, -0.15) is 0 Å². The van der Waals surface area contributed by atoms with Crippen LogP contribution in [0.3, 0.4) is 0 Å². The molecule has 0 bridgehead atoms. The van der Waals surface area contributed by atoms with Crippen molar-refractivity contribution in [1.29, 1.82) is 0 Å². The molecule has 3 heterocycles. The maximum absolute atomic E-state index is 4.66. The van der Waals surface area contributed by atoms with E-state index in [2.05, 4.69) is 131 Å². The SMILES string of the molecule is c1ccc(-c2cccc([Si]3(c4cccc(-c5ccccn5)c4)c4ccccc4-c4ccccc43)c2)nc1. The molecule has 6 aromatic rings. The van der Waals surface area contributed by atoms with Crippen molar-refractivity contribution in [2.45, 2.75) is 0 Å². The third kappa shape index (κ3) is 3.40. The predicted octanol–water partition coefficient (Wildman–Crippen LogP) is 5.17. The number of fused-ring (bicyclic) bond motifs is 3. The molecule has 1 aliphatic rings. The van der Waals surface area contributed by atoms with Crippen molar-refractivity contribution in [3.63, 3.8) is 0 Å². The predicted molar refractivity (Wildman–Crippen MR) is 156 cm³/mol. The number of nitrogens with zero attached hydrogens (tertiary/aromatic N) is 2. The first kappa shape index (κ1) is 21.7. The minimum Gasteiger partial charge on any atom is -0.256 e. The smallest absolute Gasteiger partial charge is 0.180 e. The van der Waals surface area contributed by atoms with E-state index in [0.717, 1.165) is 22.5 Å². The molecule has 0 fully saturated rings. The van der Waals surface area contributed by atoms with Gasteiger partial charge >= 0.3 is 0 Å². The molecule has 1 aliphatic heterocycles. The zero-order valence-corrected chi connectivity index (χ0v) is 21.3. The van der Waals surface area contributed by atoms with E-state index in [0.29, 0.717) is 0 Å². The van der Waals surface area contributed by atoms with Crippen molar-refractivity contribution in [3.8, 4) is 33.6 Å². The van der Waals surface area contributed by atoms with E-state index in [1.165, 1.54) is 31.9 Å². The minimum absolute atomic E-state index is 0.996. The summed E-state index contributed by atoms with van der Waals surface area (Å²) >= 11 is 0. The Hall–Kier alpha value is -4.60. The van der Waals surface area contributed by atoms with Crippen LogP contribution in [-0.4, -0.2) is 18.0 Å². The van der Waals surface area contributed by atoms with Gasteiger partial charge in [-0.05, 0) is 56.1 Å². The van der Waals surface area contributed by atoms with Crippen molar-refractivity contribution in [2.75, 3.05) is 0 Å². The van der Waals surface area contributed by atoms with Crippen LogP contribution >= 0.6 is 0 Å². The Morgan fingerprint density at radius 2 is 0.865 bits per heavy atom. The molecule has 0 amide bonds. The normalized spacial score (nSPS) is 13.1. The molecule has 0 N–H and O–H groups in total. The van der Waals surface area contributed by atoms with Crippen molar-refractivity contribution < 1.29 is 0 Å². The number of pyridine rings is 2. The second kappa shape index (κ2) is 8.81. The Morgan fingerprint density at radius 3 is 1.32 bits per heavy atom. The van der Waals surface area contributed by atoms with Crippen LogP contribution < -0.4 is 20.7 Å². The first-order chi connectivity index (χ1) is 18.4. The van der Waals surface area contributed by atoms with Crippen LogP contribution in [0.15, 0.2) is 146 Å². The van der Waals surface area contributed by atoms with Gasteiger partial charge in [-0.25, -0.2) is 0 Å². The monoisotopic (exact) mass is 488 g/mol. The van der Waals surface area contributed by atoms with Crippen LogP contribution in [0.2, 0.25) is 0 Å². The summed E-state index contributed by atoms with van der Waals surface area (Å²) in [6, 6.07) is 48.3. The van der Waals surface area contributed by atoms with Gasteiger partial charge in [-0.15, -0.1) is 0 Å². The van der Waals surface area contributed by atoms with Crippen LogP contribution in [0.25, 0.3) is 33.6 Å². The Morgan fingerprint density at radius 1 is 0.405 bits per heavy atom. The van der Waals surface area contributed by atoms with Gasteiger partial charge in [0, 0.05) is 23.5 Å². The molecule has 0 spiro atoms. The molecule has 4 aromatic carbocycles. The molecule has 0 saturated carbocycles. The van der Waals surface area contributed by atoms with Crippen LogP contribution in [0.5, 0.6) is 0 Å². The lowest BCUT2D eigenvalue weighted by atomic mass is 10.1. The molecular weight excluding hydrogens is 464 g/mol. The molecule has 7 rings (SSSR count). The lowest BCUT2D eigenvalue weighted by Crippen LogP contribution is -2.72. The highest BCUT2D eigenvalue weighted by Gasteiger charge is 2.48. The summed E-state index contributed by atoms with van der Waals surface area (Å²) in [6.45, 7) is 0. The second-order valence-corrected chi connectivity index (χ2v) is 13.2. The standard InChI is InChI=1S/C34H24N2Si/c1-3-19-33-29(15-1)30-16-2-4-20-34(30)37(33,27-13-9-11-25(23-27)31-17-5-7-21-35-31)28-14-10-12-26(24-28)32-18-6-8-22-36-32/h1-24H. The number of benzene rings is 4. The van der Waals surface area contributed by atoms with Crippen LogP contribution in [0, 0.1) is 0 Å². The quantitative estimate of drug-likeness (QED) is 0.320. The third-order valence-electron chi connectivity index (χ3n) is 7.46. The molecule has 3 heteroatoms. The van der Waals surface area contributed by atoms with Gasteiger partial charge in [0.2, 0.25) is 0 Å². The highest BCUT2D eigenvalue weighted by molar-refractivity contribution is 7.22. The van der Waals surface area contributed by atoms with Gasteiger partial charge in [0.05, 0.1) is 11.4 Å². The zero-order valence-electron chi connectivity index (χ0n) is 20.3. The average Bonchev–Trinajstić information content (AvgIpc) is 3.30. The summed E-state index contributed by atoms with van der Waals surface area (Å²) in [4.78, 5) is 9.32. The topological polar surface area (TPSA) is 25.8 Å².